The number of aryl methyl sites for hydroxylation is 2. The molecule has 0 N–H and O–H groups in total. The average molecular weight is 225 g/mol. The second-order valence-corrected chi connectivity index (χ2v) is 5.41. The van der Waals surface area contributed by atoms with Gasteiger partial charge in [-0.05, 0) is 60.9 Å². The highest BCUT2D eigenvalue weighted by Gasteiger charge is 2.12. The molecule has 1 aliphatic rings. The second kappa shape index (κ2) is 4.14. The van der Waals surface area contributed by atoms with Crippen molar-refractivity contribution >= 4 is 10.9 Å². The highest BCUT2D eigenvalue weighted by atomic mass is 14.7. The minimum atomic E-state index is 0.593. The summed E-state index contributed by atoms with van der Waals surface area (Å²) in [6.45, 7) is 4.49. The first-order chi connectivity index (χ1) is 8.24. The molecular weight excluding hydrogens is 206 g/mol. The van der Waals surface area contributed by atoms with E-state index in [2.05, 4.69) is 38.1 Å². The molecule has 1 nitrogen and oxygen atoms in total. The zero-order valence-electron chi connectivity index (χ0n) is 10.7. The third-order valence-corrected chi connectivity index (χ3v) is 3.78. The fourth-order valence-electron chi connectivity index (χ4n) is 2.68. The summed E-state index contributed by atoms with van der Waals surface area (Å²) in [5, 5.41) is 1.32. The van der Waals surface area contributed by atoms with Gasteiger partial charge in [-0.25, -0.2) is 0 Å². The van der Waals surface area contributed by atoms with E-state index in [0.29, 0.717) is 5.92 Å². The van der Waals surface area contributed by atoms with Crippen LogP contribution in [0.2, 0.25) is 0 Å². The Hall–Kier alpha value is -1.37. The topological polar surface area (TPSA) is 12.9 Å². The Morgan fingerprint density at radius 2 is 1.88 bits per heavy atom. The van der Waals surface area contributed by atoms with Crippen molar-refractivity contribution in [3.05, 3.63) is 41.1 Å². The zero-order valence-corrected chi connectivity index (χ0v) is 10.7. The fraction of sp³-hybridized carbons (Fsp3) is 0.438. The second-order valence-electron chi connectivity index (χ2n) is 5.41. The van der Waals surface area contributed by atoms with Crippen LogP contribution in [-0.4, -0.2) is 4.98 Å². The Balaban J connectivity index is 2.16. The summed E-state index contributed by atoms with van der Waals surface area (Å²) in [6.07, 6.45) is 5.00. The standard InChI is InChI=1S/C16H19N/c1-11(2)12-7-8-16-14(9-12)10-13-5-3-4-6-15(13)17-16/h7-11H,3-6H2,1-2H3. The summed E-state index contributed by atoms with van der Waals surface area (Å²) in [6, 6.07) is 9.07. The number of rotatable bonds is 1. The van der Waals surface area contributed by atoms with Crippen molar-refractivity contribution in [2.45, 2.75) is 45.4 Å². The number of fused-ring (bicyclic) bond motifs is 2. The highest BCUT2D eigenvalue weighted by molar-refractivity contribution is 5.80. The van der Waals surface area contributed by atoms with Gasteiger partial charge in [-0.1, -0.05) is 19.9 Å². The van der Waals surface area contributed by atoms with Gasteiger partial charge in [0.05, 0.1) is 5.52 Å². The van der Waals surface area contributed by atoms with Gasteiger partial charge in [-0.2, -0.15) is 0 Å². The lowest BCUT2D eigenvalue weighted by molar-refractivity contribution is 0.671. The smallest absolute Gasteiger partial charge is 0.0705 e. The molecule has 3 rings (SSSR count). The molecule has 0 saturated carbocycles. The van der Waals surface area contributed by atoms with E-state index < -0.39 is 0 Å². The summed E-state index contributed by atoms with van der Waals surface area (Å²) in [5.41, 5.74) is 5.39. The van der Waals surface area contributed by atoms with Crippen LogP contribution in [0.25, 0.3) is 10.9 Å². The maximum atomic E-state index is 4.82. The van der Waals surface area contributed by atoms with Crippen molar-refractivity contribution in [3.63, 3.8) is 0 Å². The van der Waals surface area contributed by atoms with Gasteiger partial charge >= 0.3 is 0 Å². The molecule has 0 amide bonds. The first-order valence-electron chi connectivity index (χ1n) is 6.66. The lowest BCUT2D eigenvalue weighted by atomic mass is 9.93. The molecule has 0 spiro atoms. The lowest BCUT2D eigenvalue weighted by Crippen LogP contribution is -2.05. The molecular formula is C16H19N. The number of pyridine rings is 1. The molecule has 1 aromatic heterocycles. The van der Waals surface area contributed by atoms with Crippen LogP contribution in [0.3, 0.4) is 0 Å². The minimum absolute atomic E-state index is 0.593. The van der Waals surface area contributed by atoms with Crippen molar-refractivity contribution in [3.8, 4) is 0 Å². The quantitative estimate of drug-likeness (QED) is 0.707. The lowest BCUT2D eigenvalue weighted by Gasteiger charge is -2.16. The third kappa shape index (κ3) is 1.95. The first kappa shape index (κ1) is 10.8. The SMILES string of the molecule is CC(C)c1ccc2nc3c(cc2c1)CCCC3. The molecule has 88 valence electrons. The fourth-order valence-corrected chi connectivity index (χ4v) is 2.68. The number of hydrogen-bond acceptors (Lipinski definition) is 1. The molecule has 0 unspecified atom stereocenters. The van der Waals surface area contributed by atoms with Crippen molar-refractivity contribution in [1.82, 2.24) is 4.98 Å². The van der Waals surface area contributed by atoms with E-state index >= 15 is 0 Å². The molecule has 0 aliphatic heterocycles. The maximum Gasteiger partial charge on any atom is 0.0705 e. The number of aromatic nitrogens is 1. The van der Waals surface area contributed by atoms with E-state index in [1.807, 2.05) is 0 Å². The Bertz CT molecular complexity index is 555. The Morgan fingerprint density at radius 1 is 1.06 bits per heavy atom. The normalized spacial score (nSPS) is 15.2. The molecule has 1 aliphatic carbocycles. The van der Waals surface area contributed by atoms with Gasteiger partial charge in [-0.3, -0.25) is 4.98 Å². The third-order valence-electron chi connectivity index (χ3n) is 3.78. The number of hydrogen-bond donors (Lipinski definition) is 0. The van der Waals surface area contributed by atoms with E-state index in [4.69, 9.17) is 4.98 Å². The molecule has 2 aromatic rings. The monoisotopic (exact) mass is 225 g/mol. The van der Waals surface area contributed by atoms with Crippen LogP contribution in [-0.2, 0) is 12.8 Å². The molecule has 0 radical (unpaired) electrons. The van der Waals surface area contributed by atoms with Crippen LogP contribution in [0.15, 0.2) is 24.3 Å². The van der Waals surface area contributed by atoms with Gasteiger partial charge in [0.15, 0.2) is 0 Å². The molecule has 17 heavy (non-hydrogen) atoms. The van der Waals surface area contributed by atoms with Gasteiger partial charge < -0.3 is 0 Å². The van der Waals surface area contributed by atoms with Crippen LogP contribution in [0.5, 0.6) is 0 Å². The summed E-state index contributed by atoms with van der Waals surface area (Å²) >= 11 is 0. The largest absolute Gasteiger partial charge is 0.253 e. The van der Waals surface area contributed by atoms with Crippen molar-refractivity contribution in [2.75, 3.05) is 0 Å². The van der Waals surface area contributed by atoms with Gasteiger partial charge in [0, 0.05) is 11.1 Å². The summed E-state index contributed by atoms with van der Waals surface area (Å²) in [4.78, 5) is 4.82. The van der Waals surface area contributed by atoms with E-state index in [1.165, 1.54) is 41.5 Å². The van der Waals surface area contributed by atoms with Crippen LogP contribution < -0.4 is 0 Å². The summed E-state index contributed by atoms with van der Waals surface area (Å²) in [5.74, 6) is 0.593. The minimum Gasteiger partial charge on any atom is -0.253 e. The van der Waals surface area contributed by atoms with Crippen LogP contribution in [0.1, 0.15) is 49.4 Å². The Kier molecular flexibility index (Phi) is 2.62. The predicted molar refractivity (Wildman–Crippen MR) is 72.5 cm³/mol. The van der Waals surface area contributed by atoms with Crippen molar-refractivity contribution in [1.29, 1.82) is 0 Å². The van der Waals surface area contributed by atoms with Gasteiger partial charge in [0.25, 0.3) is 0 Å². The summed E-state index contributed by atoms with van der Waals surface area (Å²) < 4.78 is 0. The Labute approximate surface area is 103 Å². The van der Waals surface area contributed by atoms with Gasteiger partial charge in [0.2, 0.25) is 0 Å². The molecule has 1 heterocycles. The molecule has 1 aromatic carbocycles. The van der Waals surface area contributed by atoms with Crippen LogP contribution >= 0.6 is 0 Å². The van der Waals surface area contributed by atoms with E-state index in [1.54, 1.807) is 0 Å². The zero-order chi connectivity index (χ0) is 11.8. The Morgan fingerprint density at radius 3 is 2.71 bits per heavy atom. The first-order valence-corrected chi connectivity index (χ1v) is 6.66. The van der Waals surface area contributed by atoms with Crippen LogP contribution in [0.4, 0.5) is 0 Å². The molecule has 1 heteroatoms. The van der Waals surface area contributed by atoms with E-state index in [9.17, 15) is 0 Å². The predicted octanol–water partition coefficient (Wildman–Crippen LogP) is 4.24. The average Bonchev–Trinajstić information content (AvgIpc) is 2.35. The molecule has 0 saturated heterocycles. The van der Waals surface area contributed by atoms with E-state index in [0.717, 1.165) is 11.9 Å². The van der Waals surface area contributed by atoms with Crippen molar-refractivity contribution < 1.29 is 0 Å². The van der Waals surface area contributed by atoms with Gasteiger partial charge in [-0.15, -0.1) is 0 Å². The van der Waals surface area contributed by atoms with Gasteiger partial charge in [0.1, 0.15) is 0 Å². The highest BCUT2D eigenvalue weighted by Crippen LogP contribution is 2.26. The molecule has 0 bridgehead atoms. The number of benzene rings is 1. The van der Waals surface area contributed by atoms with Crippen LogP contribution in [0, 0.1) is 0 Å². The number of nitrogens with zero attached hydrogens (tertiary/aromatic N) is 1. The van der Waals surface area contributed by atoms with E-state index in [-0.39, 0.29) is 0 Å². The molecule has 0 fully saturated rings. The molecule has 0 atom stereocenters. The van der Waals surface area contributed by atoms with Crippen molar-refractivity contribution in [2.24, 2.45) is 0 Å². The summed E-state index contributed by atoms with van der Waals surface area (Å²) in [7, 11) is 0. The maximum absolute atomic E-state index is 4.82.